The molecule has 1 aromatic rings. The minimum Gasteiger partial charge on any atom is -0.327 e. The van der Waals surface area contributed by atoms with Crippen LogP contribution >= 0.6 is 12.4 Å². The number of aryl methyl sites for hydroxylation is 1. The number of non-ortho nitro benzene ring substituents is 1. The lowest BCUT2D eigenvalue weighted by atomic mass is 9.65. The smallest absolute Gasteiger partial charge is 0.271 e. The highest BCUT2D eigenvalue weighted by Gasteiger charge is 2.40. The molecule has 7 heteroatoms. The Morgan fingerprint density at radius 3 is 2.50 bits per heavy atom. The molecular formula is C17H24ClN3O3. The molecule has 24 heavy (non-hydrogen) atoms. The number of hydrogen-bond donors (Lipinski definition) is 2. The summed E-state index contributed by atoms with van der Waals surface area (Å²) in [5.41, 5.74) is 7.63. The summed E-state index contributed by atoms with van der Waals surface area (Å²) in [4.78, 5) is 23.1. The lowest BCUT2D eigenvalue weighted by Gasteiger charge is -2.43. The van der Waals surface area contributed by atoms with Crippen molar-refractivity contribution in [1.29, 1.82) is 0 Å². The van der Waals surface area contributed by atoms with E-state index in [-0.39, 0.29) is 36.0 Å². The fraction of sp³-hybridized carbons (Fsp3) is 0.588. The SMILES string of the molecule is Cc1ccc([N+](=O)[O-])cc1NC(=O)C1CC2CCCC(C1)C2N.Cl. The van der Waals surface area contributed by atoms with Gasteiger partial charge in [-0.25, -0.2) is 0 Å². The highest BCUT2D eigenvalue weighted by Crippen LogP contribution is 2.42. The molecule has 3 rings (SSSR count). The second-order valence-corrected chi connectivity index (χ2v) is 6.94. The Bertz CT molecular complexity index is 624. The lowest BCUT2D eigenvalue weighted by Crippen LogP contribution is -2.48. The molecule has 1 aromatic carbocycles. The quantitative estimate of drug-likeness (QED) is 0.642. The number of nitrogens with one attached hydrogen (secondary N) is 1. The largest absolute Gasteiger partial charge is 0.327 e. The van der Waals surface area contributed by atoms with Crippen LogP contribution in [0.5, 0.6) is 0 Å². The maximum atomic E-state index is 12.6. The van der Waals surface area contributed by atoms with Crippen molar-refractivity contribution in [2.45, 2.75) is 45.1 Å². The van der Waals surface area contributed by atoms with Crippen LogP contribution < -0.4 is 11.1 Å². The zero-order valence-electron chi connectivity index (χ0n) is 13.7. The van der Waals surface area contributed by atoms with Crippen LogP contribution in [-0.2, 0) is 4.79 Å². The van der Waals surface area contributed by atoms with Crippen LogP contribution in [0.25, 0.3) is 0 Å². The maximum absolute atomic E-state index is 12.6. The number of benzene rings is 1. The fourth-order valence-electron chi connectivity index (χ4n) is 4.10. The molecule has 0 aromatic heterocycles. The van der Waals surface area contributed by atoms with Crippen molar-refractivity contribution >= 4 is 29.7 Å². The first-order valence-electron chi connectivity index (χ1n) is 8.27. The highest BCUT2D eigenvalue weighted by molar-refractivity contribution is 5.93. The van der Waals surface area contributed by atoms with Gasteiger partial charge >= 0.3 is 0 Å². The molecule has 2 bridgehead atoms. The molecule has 6 nitrogen and oxygen atoms in total. The number of amides is 1. The van der Waals surface area contributed by atoms with E-state index in [1.165, 1.54) is 18.6 Å². The summed E-state index contributed by atoms with van der Waals surface area (Å²) in [7, 11) is 0. The molecule has 2 aliphatic carbocycles. The number of nitrogens with two attached hydrogens (primary N) is 1. The van der Waals surface area contributed by atoms with Crippen molar-refractivity contribution < 1.29 is 9.72 Å². The minimum absolute atomic E-state index is 0. The number of nitro groups is 1. The van der Waals surface area contributed by atoms with Gasteiger partial charge in [0.25, 0.3) is 5.69 Å². The molecule has 2 fully saturated rings. The highest BCUT2D eigenvalue weighted by atomic mass is 35.5. The van der Waals surface area contributed by atoms with Gasteiger partial charge in [-0.1, -0.05) is 12.5 Å². The number of rotatable bonds is 3. The molecule has 2 saturated carbocycles. The van der Waals surface area contributed by atoms with Gasteiger partial charge in [-0.05, 0) is 50.0 Å². The summed E-state index contributed by atoms with van der Waals surface area (Å²) in [6, 6.07) is 4.78. The predicted octanol–water partition coefficient (Wildman–Crippen LogP) is 3.42. The standard InChI is InChI=1S/C17H23N3O3.ClH/c1-10-5-6-14(20(22)23)9-15(10)19-17(21)13-7-11-3-2-4-12(8-13)16(11)18;/h5-6,9,11-13,16H,2-4,7-8,18H2,1H3,(H,19,21);1H. The summed E-state index contributed by atoms with van der Waals surface area (Å²) in [6.07, 6.45) is 5.09. The van der Waals surface area contributed by atoms with Crippen molar-refractivity contribution in [3.05, 3.63) is 33.9 Å². The van der Waals surface area contributed by atoms with Crippen LogP contribution in [0, 0.1) is 34.8 Å². The Balaban J connectivity index is 0.00000208. The van der Waals surface area contributed by atoms with Gasteiger partial charge in [0.15, 0.2) is 0 Å². The molecule has 2 atom stereocenters. The third kappa shape index (κ3) is 3.70. The zero-order valence-corrected chi connectivity index (χ0v) is 14.6. The maximum Gasteiger partial charge on any atom is 0.271 e. The van der Waals surface area contributed by atoms with Crippen LogP contribution in [0.1, 0.15) is 37.7 Å². The van der Waals surface area contributed by atoms with Gasteiger partial charge in [-0.15, -0.1) is 12.4 Å². The van der Waals surface area contributed by atoms with Crippen LogP contribution in [0.3, 0.4) is 0 Å². The average molecular weight is 354 g/mol. The van der Waals surface area contributed by atoms with Crippen molar-refractivity contribution in [2.75, 3.05) is 5.32 Å². The van der Waals surface area contributed by atoms with Gasteiger partial charge in [-0.3, -0.25) is 14.9 Å². The third-order valence-corrected chi connectivity index (χ3v) is 5.47. The third-order valence-electron chi connectivity index (χ3n) is 5.47. The van der Waals surface area contributed by atoms with E-state index in [4.69, 9.17) is 5.73 Å². The monoisotopic (exact) mass is 353 g/mol. The van der Waals surface area contributed by atoms with Gasteiger partial charge in [0.1, 0.15) is 0 Å². The van der Waals surface area contributed by atoms with Gasteiger partial charge in [0.2, 0.25) is 5.91 Å². The summed E-state index contributed by atoms with van der Waals surface area (Å²) >= 11 is 0. The number of hydrogen-bond acceptors (Lipinski definition) is 4. The van der Waals surface area contributed by atoms with Crippen LogP contribution in [0.4, 0.5) is 11.4 Å². The van der Waals surface area contributed by atoms with E-state index in [0.29, 0.717) is 17.5 Å². The lowest BCUT2D eigenvalue weighted by molar-refractivity contribution is -0.384. The average Bonchev–Trinajstić information content (AvgIpc) is 2.48. The van der Waals surface area contributed by atoms with Gasteiger partial charge in [-0.2, -0.15) is 0 Å². The molecule has 0 radical (unpaired) electrons. The van der Waals surface area contributed by atoms with E-state index >= 15 is 0 Å². The Hall–Kier alpha value is -1.66. The Labute approximate surface area is 147 Å². The Morgan fingerprint density at radius 2 is 1.92 bits per heavy atom. The van der Waals surface area contributed by atoms with E-state index in [1.54, 1.807) is 6.07 Å². The van der Waals surface area contributed by atoms with Crippen molar-refractivity contribution in [3.63, 3.8) is 0 Å². The number of fused-ring (bicyclic) bond motifs is 2. The minimum atomic E-state index is -0.445. The summed E-state index contributed by atoms with van der Waals surface area (Å²) in [5, 5.41) is 13.8. The summed E-state index contributed by atoms with van der Waals surface area (Å²) in [6.45, 7) is 1.84. The van der Waals surface area contributed by atoms with Crippen molar-refractivity contribution in [2.24, 2.45) is 23.5 Å². The molecular weight excluding hydrogens is 330 g/mol. The van der Waals surface area contributed by atoms with Crippen LogP contribution in [0.2, 0.25) is 0 Å². The summed E-state index contributed by atoms with van der Waals surface area (Å²) < 4.78 is 0. The molecule has 2 aliphatic rings. The number of nitrogens with zero attached hydrogens (tertiary/aromatic N) is 1. The second-order valence-electron chi connectivity index (χ2n) is 6.94. The van der Waals surface area contributed by atoms with Gasteiger partial charge in [0.05, 0.1) is 10.6 Å². The molecule has 1 amide bonds. The molecule has 0 saturated heterocycles. The molecule has 0 spiro atoms. The number of anilines is 1. The fourth-order valence-corrected chi connectivity index (χ4v) is 4.10. The Kier molecular flexibility index (Phi) is 5.83. The van der Waals surface area contributed by atoms with E-state index < -0.39 is 4.92 Å². The van der Waals surface area contributed by atoms with Crippen LogP contribution in [-0.4, -0.2) is 16.9 Å². The second kappa shape index (κ2) is 7.49. The van der Waals surface area contributed by atoms with E-state index in [1.807, 2.05) is 6.92 Å². The van der Waals surface area contributed by atoms with Crippen molar-refractivity contribution in [1.82, 2.24) is 0 Å². The first kappa shape index (κ1) is 18.7. The summed E-state index contributed by atoms with van der Waals surface area (Å²) in [5.74, 6) is 0.801. The zero-order chi connectivity index (χ0) is 16.6. The first-order valence-corrected chi connectivity index (χ1v) is 8.27. The van der Waals surface area contributed by atoms with E-state index in [9.17, 15) is 14.9 Å². The van der Waals surface area contributed by atoms with E-state index in [2.05, 4.69) is 5.32 Å². The molecule has 0 heterocycles. The molecule has 0 aliphatic heterocycles. The molecule has 2 unspecified atom stereocenters. The number of nitro benzene ring substituents is 1. The topological polar surface area (TPSA) is 98.3 Å². The number of halogens is 1. The van der Waals surface area contributed by atoms with Gasteiger partial charge < -0.3 is 11.1 Å². The number of carbonyl (C=O) groups is 1. The first-order chi connectivity index (χ1) is 11.0. The van der Waals surface area contributed by atoms with Crippen molar-refractivity contribution in [3.8, 4) is 0 Å². The van der Waals surface area contributed by atoms with E-state index in [0.717, 1.165) is 31.2 Å². The normalized spacial score (nSPS) is 28.6. The molecule has 3 N–H and O–H groups in total. The Morgan fingerprint density at radius 1 is 1.29 bits per heavy atom. The molecule has 132 valence electrons. The van der Waals surface area contributed by atoms with Gasteiger partial charge in [0, 0.05) is 24.1 Å². The van der Waals surface area contributed by atoms with Crippen LogP contribution in [0.15, 0.2) is 18.2 Å². The predicted molar refractivity (Wildman–Crippen MR) is 95.2 cm³/mol. The number of carbonyl (C=O) groups excluding carboxylic acids is 1.